The van der Waals surface area contributed by atoms with Crippen LogP contribution in [0.15, 0.2) is 48.6 Å². The molecule has 0 aliphatic carbocycles. The van der Waals surface area contributed by atoms with Gasteiger partial charge in [0, 0.05) is 23.9 Å². The predicted octanol–water partition coefficient (Wildman–Crippen LogP) is 18.6. The van der Waals surface area contributed by atoms with E-state index in [1.807, 2.05) is 0 Å². The molecule has 0 aromatic carbocycles. The maximum absolute atomic E-state index is 10.2. The van der Waals surface area contributed by atoms with Crippen LogP contribution in [0.25, 0.3) is 0 Å². The van der Waals surface area contributed by atoms with E-state index < -0.39 is 23.9 Å². The molecule has 12 nitrogen and oxygen atoms in total. The van der Waals surface area contributed by atoms with Crippen LogP contribution in [0.5, 0.6) is 0 Å². The van der Waals surface area contributed by atoms with Gasteiger partial charge in [-0.25, -0.2) is 0 Å². The normalized spacial score (nSPS) is 10.3. The first-order valence-electron chi connectivity index (χ1n) is 34.5. The van der Waals surface area contributed by atoms with Crippen molar-refractivity contribution in [1.29, 1.82) is 0 Å². The largest absolute Gasteiger partial charge is 4.00 e. The molecule has 15 heteroatoms. The minimum absolute atomic E-state index is 0. The summed E-state index contributed by atoms with van der Waals surface area (Å²) in [6.07, 6.45) is 83.6. The summed E-state index contributed by atoms with van der Waals surface area (Å²) in [5.74, 6) is -3.66. The molecule has 0 aliphatic heterocycles. The Balaban J connectivity index is -0.0000000958. The predicted molar refractivity (Wildman–Crippen MR) is 341 cm³/mol. The fourth-order valence-electron chi connectivity index (χ4n) is 9.36. The van der Waals surface area contributed by atoms with Gasteiger partial charge in [0.15, 0.2) is 0 Å². The second kappa shape index (κ2) is 107. The third-order valence-electron chi connectivity index (χ3n) is 14.6. The molecular weight excluding hydrogens is 1330 g/mol. The Hall–Kier alpha value is -0.671. The number of carbonyl (C=O) groups is 4. The number of unbranched alkanes of at least 4 members (excludes halogenated alkanes) is 44. The van der Waals surface area contributed by atoms with Crippen LogP contribution in [-0.2, 0) is 120 Å². The summed E-state index contributed by atoms with van der Waals surface area (Å²) < 4.78 is 0. The average molecular weight is 1460 g/mol. The topological polar surface area (TPSA) is 275 Å². The number of allylic oxidation sites excluding steroid dienone is 8. The molecule has 0 unspecified atom stereocenters. The van der Waals surface area contributed by atoms with E-state index >= 15 is 0 Å². The Morgan fingerprint density at radius 3 is 0.414 bits per heavy atom. The van der Waals surface area contributed by atoms with Gasteiger partial charge < -0.3 is 61.5 Å². The van der Waals surface area contributed by atoms with Crippen molar-refractivity contribution in [3.8, 4) is 0 Å². The molecule has 0 rings (SSSR count). The Morgan fingerprint density at radius 2 is 0.299 bits per heavy atom. The monoisotopic (exact) mass is 1460 g/mol. The van der Waals surface area contributed by atoms with Crippen molar-refractivity contribution in [2.75, 3.05) is 0 Å². The fraction of sp³-hybridized carbons (Fsp3) is 0.833. The number of hydrogen-bond acceptors (Lipinski definition) is 8. The average Bonchev–Trinajstić information content (AvgIpc) is 3.43. The molecule has 0 amide bonds. The Bertz CT molecular complexity index is 1170. The van der Waals surface area contributed by atoms with Crippen molar-refractivity contribution in [2.45, 2.75) is 387 Å². The fourth-order valence-corrected chi connectivity index (χ4v) is 9.36. The quantitative estimate of drug-likeness (QED) is 0.0416. The zero-order chi connectivity index (χ0) is 59.6. The zero-order valence-corrected chi connectivity index (χ0v) is 64.0. The van der Waals surface area contributed by atoms with Crippen LogP contribution in [0.1, 0.15) is 387 Å². The second-order valence-corrected chi connectivity index (χ2v) is 22.8. The van der Waals surface area contributed by atoms with Gasteiger partial charge in [-0.05, 0) is 154 Å². The van der Waals surface area contributed by atoms with Crippen LogP contribution in [-0.4, -0.2) is 23.9 Å². The number of aliphatic carboxylic acids is 4. The van der Waals surface area contributed by atoms with E-state index in [-0.39, 0.29) is 126 Å². The van der Waals surface area contributed by atoms with Crippen molar-refractivity contribution in [3.05, 3.63) is 48.6 Å². The molecule has 0 saturated heterocycles. The first-order chi connectivity index (χ1) is 39.1. The van der Waals surface area contributed by atoms with Crippen LogP contribution in [0.3, 0.4) is 0 Å². The van der Waals surface area contributed by atoms with Gasteiger partial charge >= 0.3 is 78.6 Å². The number of hydrogen-bond donors (Lipinski definition) is 0. The van der Waals surface area contributed by atoms with E-state index in [4.69, 9.17) is 0 Å². The van der Waals surface area contributed by atoms with E-state index in [1.54, 1.807) is 0 Å². The minimum Gasteiger partial charge on any atom is -2.00 e. The van der Waals surface area contributed by atoms with Gasteiger partial charge in [0.1, 0.15) is 0 Å². The molecule has 0 fully saturated rings. The summed E-state index contributed by atoms with van der Waals surface area (Å²) in [7, 11) is 0. The van der Waals surface area contributed by atoms with Crippen molar-refractivity contribution < 1.29 is 140 Å². The van der Waals surface area contributed by atoms with Gasteiger partial charge in [0.25, 0.3) is 0 Å². The summed E-state index contributed by atoms with van der Waals surface area (Å²) in [6, 6.07) is 0. The molecule has 504 valence electrons. The van der Waals surface area contributed by atoms with E-state index in [9.17, 15) is 39.6 Å². The first-order valence-corrected chi connectivity index (χ1v) is 34.5. The standard InChI is InChI=1S/4C18H34O2.4O.3Zr/c4*1-2-3-4-5-6-7-8-9-10-11-12-13-14-15-16-17-18(19)20;;;;;;;/h4*9-10H,2-8,11-17H2,1H3,(H,19,20);;;;;;;/q;;;;4*-2;3*+4/p-4/b4*10-9-;;;;;;;. The van der Waals surface area contributed by atoms with Crippen LogP contribution >= 0.6 is 0 Å². The minimum atomic E-state index is -0.914. The van der Waals surface area contributed by atoms with Crippen molar-refractivity contribution in [2.24, 2.45) is 0 Å². The van der Waals surface area contributed by atoms with Crippen molar-refractivity contribution in [1.82, 2.24) is 0 Å². The summed E-state index contributed by atoms with van der Waals surface area (Å²) in [5, 5.41) is 40.9. The summed E-state index contributed by atoms with van der Waals surface area (Å²) in [6.45, 7) is 9.02. The molecule has 0 saturated carbocycles. The van der Waals surface area contributed by atoms with Gasteiger partial charge in [0.2, 0.25) is 0 Å². The van der Waals surface area contributed by atoms with Crippen molar-refractivity contribution in [3.63, 3.8) is 0 Å². The zero-order valence-electron chi connectivity index (χ0n) is 56.6. The Labute approximate surface area is 594 Å². The molecule has 87 heavy (non-hydrogen) atoms. The third kappa shape index (κ3) is 131. The van der Waals surface area contributed by atoms with Gasteiger partial charge in [0.05, 0.1) is 0 Å². The number of rotatable bonds is 60. The summed E-state index contributed by atoms with van der Waals surface area (Å²) in [4.78, 5) is 40.9. The number of carboxylic acids is 4. The molecular formula is C72H132O12Zr3. The Kier molecular flexibility index (Phi) is 136. The van der Waals surface area contributed by atoms with Gasteiger partial charge in [-0.1, -0.05) is 282 Å². The second-order valence-electron chi connectivity index (χ2n) is 22.8. The summed E-state index contributed by atoms with van der Waals surface area (Å²) in [5.41, 5.74) is 0. The van der Waals surface area contributed by atoms with Gasteiger partial charge in [-0.15, -0.1) is 0 Å². The van der Waals surface area contributed by atoms with Gasteiger partial charge in [-0.3, -0.25) is 0 Å². The molecule has 0 aromatic rings. The SMILES string of the molecule is CCCCCCCC/C=C\CCCCCCCC(=O)[O-].CCCCCCCC/C=C\CCCCCCCC(=O)[O-].CCCCCCCC/C=C\CCCCCCCC(=O)[O-].CCCCCCCC/C=C\CCCCCCCC(=O)[O-].[O-2].[O-2].[O-2].[O-2].[Zr+4].[Zr+4].[Zr+4]. The molecule has 0 bridgehead atoms. The van der Waals surface area contributed by atoms with Crippen LogP contribution in [0, 0.1) is 0 Å². The van der Waals surface area contributed by atoms with E-state index in [0.29, 0.717) is 0 Å². The number of carbonyl (C=O) groups excluding carboxylic acids is 4. The van der Waals surface area contributed by atoms with Crippen LogP contribution in [0.2, 0.25) is 0 Å². The molecule has 0 atom stereocenters. The maximum atomic E-state index is 10.2. The van der Waals surface area contributed by atoms with E-state index in [2.05, 4.69) is 76.3 Å². The molecule has 0 radical (unpaired) electrons. The molecule has 0 spiro atoms. The van der Waals surface area contributed by atoms with Crippen LogP contribution < -0.4 is 20.4 Å². The first kappa shape index (κ1) is 111. The van der Waals surface area contributed by atoms with E-state index in [1.165, 1.54) is 257 Å². The molecule has 0 heterocycles. The smallest absolute Gasteiger partial charge is 2.00 e. The van der Waals surface area contributed by atoms with Gasteiger partial charge in [-0.2, -0.15) is 0 Å². The molecule has 0 aliphatic rings. The molecule has 0 aromatic heterocycles. The van der Waals surface area contributed by atoms with E-state index in [0.717, 1.165) is 77.0 Å². The van der Waals surface area contributed by atoms with Crippen molar-refractivity contribution >= 4 is 23.9 Å². The maximum Gasteiger partial charge on any atom is 4.00 e. The summed E-state index contributed by atoms with van der Waals surface area (Å²) >= 11 is 0. The molecule has 0 N–H and O–H groups in total. The Morgan fingerprint density at radius 1 is 0.195 bits per heavy atom. The third-order valence-corrected chi connectivity index (χ3v) is 14.6. The number of carboxylic acid groups (broad SMARTS) is 4. The van der Waals surface area contributed by atoms with Crippen LogP contribution in [0.4, 0.5) is 0 Å².